The summed E-state index contributed by atoms with van der Waals surface area (Å²) in [6.07, 6.45) is 7.60. The molecule has 1 rings (SSSR count). The standard InChI is InChI=1S/C13H27NO2.C2H6/c1-2-3-4-10-15-11-5-12-16-13-6-8-14-9-7-13;1-2/h13-14H,2-12H2,1H3;1-2H3. The number of nitrogens with one attached hydrogen (secondary N) is 1. The average Bonchev–Trinajstić information content (AvgIpc) is 2.45. The Morgan fingerprint density at radius 3 is 2.28 bits per heavy atom. The van der Waals surface area contributed by atoms with Crippen LogP contribution in [0.5, 0.6) is 0 Å². The largest absolute Gasteiger partial charge is 0.381 e. The van der Waals surface area contributed by atoms with E-state index < -0.39 is 0 Å². The van der Waals surface area contributed by atoms with Crippen LogP contribution in [0.4, 0.5) is 0 Å². The van der Waals surface area contributed by atoms with Crippen LogP contribution in [-0.4, -0.2) is 39.0 Å². The summed E-state index contributed by atoms with van der Waals surface area (Å²) in [7, 11) is 0. The van der Waals surface area contributed by atoms with Gasteiger partial charge in [0.25, 0.3) is 0 Å². The third-order valence-corrected chi connectivity index (χ3v) is 2.96. The lowest BCUT2D eigenvalue weighted by atomic mass is 10.1. The van der Waals surface area contributed by atoms with E-state index in [0.717, 1.165) is 52.2 Å². The van der Waals surface area contributed by atoms with E-state index in [9.17, 15) is 0 Å². The molecule has 110 valence electrons. The predicted molar refractivity (Wildman–Crippen MR) is 78.2 cm³/mol. The first-order chi connectivity index (χ1) is 8.93. The Bertz CT molecular complexity index is 147. The molecule has 1 N–H and O–H groups in total. The van der Waals surface area contributed by atoms with Gasteiger partial charge in [-0.3, -0.25) is 0 Å². The van der Waals surface area contributed by atoms with E-state index in [2.05, 4.69) is 12.2 Å². The second-order valence-corrected chi connectivity index (χ2v) is 4.49. The minimum absolute atomic E-state index is 0.487. The monoisotopic (exact) mass is 259 g/mol. The van der Waals surface area contributed by atoms with Crippen LogP contribution in [0.15, 0.2) is 0 Å². The zero-order chi connectivity index (χ0) is 13.5. The summed E-state index contributed by atoms with van der Waals surface area (Å²) in [4.78, 5) is 0. The van der Waals surface area contributed by atoms with E-state index in [4.69, 9.17) is 9.47 Å². The lowest BCUT2D eigenvalue weighted by molar-refractivity contribution is 0.0173. The van der Waals surface area contributed by atoms with Gasteiger partial charge in [-0.1, -0.05) is 33.6 Å². The molecule has 1 fully saturated rings. The van der Waals surface area contributed by atoms with Gasteiger partial charge in [-0.2, -0.15) is 0 Å². The normalized spacial score (nSPS) is 16.2. The minimum atomic E-state index is 0.487. The van der Waals surface area contributed by atoms with Gasteiger partial charge in [0.05, 0.1) is 6.10 Å². The van der Waals surface area contributed by atoms with Crippen molar-refractivity contribution < 1.29 is 9.47 Å². The van der Waals surface area contributed by atoms with Crippen molar-refractivity contribution in [2.75, 3.05) is 32.9 Å². The van der Waals surface area contributed by atoms with Crippen LogP contribution in [0.3, 0.4) is 0 Å². The van der Waals surface area contributed by atoms with Crippen molar-refractivity contribution in [1.82, 2.24) is 5.32 Å². The topological polar surface area (TPSA) is 30.5 Å². The molecule has 0 saturated carbocycles. The molecule has 1 saturated heterocycles. The van der Waals surface area contributed by atoms with Gasteiger partial charge in [-0.25, -0.2) is 0 Å². The van der Waals surface area contributed by atoms with Gasteiger partial charge in [-0.05, 0) is 38.8 Å². The molecule has 0 unspecified atom stereocenters. The number of hydrogen-bond acceptors (Lipinski definition) is 3. The van der Waals surface area contributed by atoms with Crippen LogP contribution in [0, 0.1) is 0 Å². The zero-order valence-corrected chi connectivity index (χ0v) is 12.7. The van der Waals surface area contributed by atoms with Crippen molar-refractivity contribution in [1.29, 1.82) is 0 Å². The maximum absolute atomic E-state index is 5.79. The number of hydrogen-bond donors (Lipinski definition) is 1. The van der Waals surface area contributed by atoms with Crippen LogP contribution in [0.1, 0.15) is 59.3 Å². The number of piperidine rings is 1. The number of unbranched alkanes of at least 4 members (excludes halogenated alkanes) is 2. The SMILES string of the molecule is CC.CCCCCOCCCOC1CCNCC1. The highest BCUT2D eigenvalue weighted by atomic mass is 16.5. The van der Waals surface area contributed by atoms with Crippen LogP contribution >= 0.6 is 0 Å². The van der Waals surface area contributed by atoms with E-state index >= 15 is 0 Å². The fraction of sp³-hybridized carbons (Fsp3) is 1.00. The van der Waals surface area contributed by atoms with Crippen molar-refractivity contribution >= 4 is 0 Å². The summed E-state index contributed by atoms with van der Waals surface area (Å²) in [6.45, 7) is 11.1. The molecule has 0 atom stereocenters. The van der Waals surface area contributed by atoms with Crippen molar-refractivity contribution in [2.45, 2.75) is 65.4 Å². The molecule has 18 heavy (non-hydrogen) atoms. The predicted octanol–water partition coefficient (Wildman–Crippen LogP) is 3.38. The molecule has 1 heterocycles. The smallest absolute Gasteiger partial charge is 0.0599 e. The Balaban J connectivity index is 0.00000137. The average molecular weight is 259 g/mol. The highest BCUT2D eigenvalue weighted by Crippen LogP contribution is 2.07. The first-order valence-electron chi connectivity index (χ1n) is 7.83. The second kappa shape index (κ2) is 14.9. The fourth-order valence-electron chi connectivity index (χ4n) is 1.93. The maximum Gasteiger partial charge on any atom is 0.0599 e. The summed E-state index contributed by atoms with van der Waals surface area (Å²) in [5.74, 6) is 0. The Kier molecular flexibility index (Phi) is 14.8. The lowest BCUT2D eigenvalue weighted by Crippen LogP contribution is -2.32. The zero-order valence-electron chi connectivity index (χ0n) is 12.7. The molecule has 0 spiro atoms. The molecule has 3 heteroatoms. The van der Waals surface area contributed by atoms with Crippen molar-refractivity contribution in [2.24, 2.45) is 0 Å². The Labute approximate surface area is 114 Å². The Hall–Kier alpha value is -0.120. The van der Waals surface area contributed by atoms with E-state index in [1.54, 1.807) is 0 Å². The van der Waals surface area contributed by atoms with E-state index in [-0.39, 0.29) is 0 Å². The van der Waals surface area contributed by atoms with E-state index in [1.807, 2.05) is 13.8 Å². The molecule has 0 aliphatic carbocycles. The summed E-state index contributed by atoms with van der Waals surface area (Å²) >= 11 is 0. The summed E-state index contributed by atoms with van der Waals surface area (Å²) < 4.78 is 11.3. The van der Waals surface area contributed by atoms with Gasteiger partial charge in [0.2, 0.25) is 0 Å². The van der Waals surface area contributed by atoms with Gasteiger partial charge >= 0.3 is 0 Å². The Morgan fingerprint density at radius 1 is 0.944 bits per heavy atom. The quantitative estimate of drug-likeness (QED) is 0.644. The molecular formula is C15H33NO2. The van der Waals surface area contributed by atoms with Crippen LogP contribution in [0.2, 0.25) is 0 Å². The van der Waals surface area contributed by atoms with Crippen LogP contribution < -0.4 is 5.32 Å². The minimum Gasteiger partial charge on any atom is -0.381 e. The van der Waals surface area contributed by atoms with Crippen LogP contribution in [0.25, 0.3) is 0 Å². The first kappa shape index (κ1) is 17.9. The Morgan fingerprint density at radius 2 is 1.61 bits per heavy atom. The van der Waals surface area contributed by atoms with Gasteiger partial charge in [0.1, 0.15) is 0 Å². The number of ether oxygens (including phenoxy) is 2. The lowest BCUT2D eigenvalue weighted by Gasteiger charge is -2.22. The number of rotatable bonds is 9. The molecule has 1 aliphatic rings. The van der Waals surface area contributed by atoms with Gasteiger partial charge in [0.15, 0.2) is 0 Å². The molecule has 0 radical (unpaired) electrons. The fourth-order valence-corrected chi connectivity index (χ4v) is 1.93. The highest BCUT2D eigenvalue weighted by Gasteiger charge is 2.12. The molecular weight excluding hydrogens is 226 g/mol. The van der Waals surface area contributed by atoms with Crippen molar-refractivity contribution in [3.63, 3.8) is 0 Å². The molecule has 3 nitrogen and oxygen atoms in total. The van der Waals surface area contributed by atoms with Crippen molar-refractivity contribution in [3.05, 3.63) is 0 Å². The van der Waals surface area contributed by atoms with Crippen molar-refractivity contribution in [3.8, 4) is 0 Å². The van der Waals surface area contributed by atoms with Gasteiger partial charge in [0, 0.05) is 19.8 Å². The molecule has 0 bridgehead atoms. The van der Waals surface area contributed by atoms with Gasteiger partial charge in [-0.15, -0.1) is 0 Å². The third kappa shape index (κ3) is 11.0. The maximum atomic E-state index is 5.79. The molecule has 0 aromatic rings. The van der Waals surface area contributed by atoms with E-state index in [1.165, 1.54) is 19.3 Å². The highest BCUT2D eigenvalue weighted by molar-refractivity contribution is 4.67. The molecule has 0 amide bonds. The first-order valence-corrected chi connectivity index (χ1v) is 7.83. The van der Waals surface area contributed by atoms with Crippen LogP contribution in [-0.2, 0) is 9.47 Å². The summed E-state index contributed by atoms with van der Waals surface area (Å²) in [6, 6.07) is 0. The summed E-state index contributed by atoms with van der Waals surface area (Å²) in [5, 5.41) is 3.34. The van der Waals surface area contributed by atoms with E-state index in [0.29, 0.717) is 6.10 Å². The third-order valence-electron chi connectivity index (χ3n) is 2.96. The van der Waals surface area contributed by atoms with Gasteiger partial charge < -0.3 is 14.8 Å². The summed E-state index contributed by atoms with van der Waals surface area (Å²) in [5.41, 5.74) is 0. The molecule has 1 aliphatic heterocycles. The molecule has 0 aromatic heterocycles. The molecule has 0 aromatic carbocycles. The second-order valence-electron chi connectivity index (χ2n) is 4.49.